The fraction of sp³-hybridized carbons (Fsp3) is 0.455. The Morgan fingerprint density at radius 3 is 2.23 bits per heavy atom. The number of esters is 1. The molecule has 0 atom stereocenters. The first-order chi connectivity index (χ1) is 14.4. The van der Waals surface area contributed by atoms with Crippen LogP contribution in [0.2, 0.25) is 0 Å². The molecule has 0 bridgehead atoms. The third-order valence-corrected chi connectivity index (χ3v) is 4.86. The van der Waals surface area contributed by atoms with Crippen molar-refractivity contribution < 1.29 is 33.3 Å². The molecule has 0 amide bonds. The standard InChI is InChI=1S/C22H29NO7/c1-14-12-17(15(2)23(14)10-7-11-26-3)18(24)13-30-22(25)16-8-9-19(27-4)21(29-6)20(16)28-5/h8-9,12H,7,10-11,13H2,1-6H3. The molecule has 0 radical (unpaired) electrons. The first-order valence-corrected chi connectivity index (χ1v) is 9.54. The minimum Gasteiger partial charge on any atom is -0.493 e. The summed E-state index contributed by atoms with van der Waals surface area (Å²) >= 11 is 0. The highest BCUT2D eigenvalue weighted by molar-refractivity contribution is 6.01. The molecule has 1 heterocycles. The molecule has 0 spiro atoms. The van der Waals surface area contributed by atoms with Gasteiger partial charge in [0, 0.05) is 37.2 Å². The minimum absolute atomic E-state index is 0.146. The van der Waals surface area contributed by atoms with E-state index in [-0.39, 0.29) is 29.5 Å². The van der Waals surface area contributed by atoms with Crippen LogP contribution in [0.15, 0.2) is 18.2 Å². The lowest BCUT2D eigenvalue weighted by atomic mass is 10.1. The number of ketones is 1. The van der Waals surface area contributed by atoms with Crippen molar-refractivity contribution >= 4 is 11.8 Å². The molecule has 8 heteroatoms. The monoisotopic (exact) mass is 419 g/mol. The molecule has 0 aliphatic carbocycles. The second-order valence-electron chi connectivity index (χ2n) is 6.66. The smallest absolute Gasteiger partial charge is 0.342 e. The van der Waals surface area contributed by atoms with E-state index in [4.69, 9.17) is 23.7 Å². The molecule has 0 aliphatic rings. The van der Waals surface area contributed by atoms with Crippen LogP contribution in [0.5, 0.6) is 17.2 Å². The van der Waals surface area contributed by atoms with Crippen LogP contribution in [0.3, 0.4) is 0 Å². The minimum atomic E-state index is -0.685. The van der Waals surface area contributed by atoms with Crippen LogP contribution in [0.1, 0.15) is 38.5 Å². The molecule has 0 saturated heterocycles. The van der Waals surface area contributed by atoms with Gasteiger partial charge in [-0.3, -0.25) is 4.79 Å². The second-order valence-corrected chi connectivity index (χ2v) is 6.66. The van der Waals surface area contributed by atoms with Crippen LogP contribution in [-0.4, -0.2) is 58.0 Å². The number of carbonyl (C=O) groups excluding carboxylic acids is 2. The van der Waals surface area contributed by atoms with E-state index in [9.17, 15) is 9.59 Å². The number of benzene rings is 1. The van der Waals surface area contributed by atoms with Crippen LogP contribution >= 0.6 is 0 Å². The SMILES string of the molecule is COCCCn1c(C)cc(C(=O)COC(=O)c2ccc(OC)c(OC)c2OC)c1C. The van der Waals surface area contributed by atoms with E-state index in [0.29, 0.717) is 17.9 Å². The Balaban J connectivity index is 2.14. The van der Waals surface area contributed by atoms with Gasteiger partial charge in [0.25, 0.3) is 0 Å². The Hall–Kier alpha value is -3.00. The lowest BCUT2D eigenvalue weighted by Crippen LogP contribution is -2.16. The molecule has 0 saturated carbocycles. The van der Waals surface area contributed by atoms with Crippen molar-refractivity contribution in [3.8, 4) is 17.2 Å². The number of aryl methyl sites for hydroxylation is 1. The molecule has 0 unspecified atom stereocenters. The molecule has 2 rings (SSSR count). The molecule has 30 heavy (non-hydrogen) atoms. The van der Waals surface area contributed by atoms with Gasteiger partial charge in [-0.25, -0.2) is 4.79 Å². The van der Waals surface area contributed by atoms with Crippen molar-refractivity contribution in [2.45, 2.75) is 26.8 Å². The Morgan fingerprint density at radius 2 is 1.63 bits per heavy atom. The topological polar surface area (TPSA) is 85.2 Å². The molecule has 1 aromatic carbocycles. The molecule has 1 aromatic heterocycles. The highest BCUT2D eigenvalue weighted by atomic mass is 16.5. The summed E-state index contributed by atoms with van der Waals surface area (Å²) in [5.74, 6) is -0.0715. The predicted molar refractivity (Wildman–Crippen MR) is 111 cm³/mol. The molecular formula is C22H29NO7. The third-order valence-electron chi connectivity index (χ3n) is 4.86. The van der Waals surface area contributed by atoms with E-state index in [1.807, 2.05) is 19.9 Å². The molecule has 8 nitrogen and oxygen atoms in total. The van der Waals surface area contributed by atoms with Gasteiger partial charge in [-0.1, -0.05) is 0 Å². The largest absolute Gasteiger partial charge is 0.493 e. The van der Waals surface area contributed by atoms with Crippen LogP contribution in [0.25, 0.3) is 0 Å². The Kier molecular flexibility index (Phi) is 8.29. The first kappa shape index (κ1) is 23.3. The van der Waals surface area contributed by atoms with Crippen LogP contribution in [0, 0.1) is 13.8 Å². The summed E-state index contributed by atoms with van der Waals surface area (Å²) in [4.78, 5) is 25.3. The van der Waals surface area contributed by atoms with Crippen molar-refractivity contribution in [1.82, 2.24) is 4.57 Å². The van der Waals surface area contributed by atoms with Crippen LogP contribution in [-0.2, 0) is 16.0 Å². The van der Waals surface area contributed by atoms with Gasteiger partial charge in [0.15, 0.2) is 18.1 Å². The highest BCUT2D eigenvalue weighted by Gasteiger charge is 2.23. The Morgan fingerprint density at radius 1 is 0.933 bits per heavy atom. The zero-order chi connectivity index (χ0) is 22.3. The summed E-state index contributed by atoms with van der Waals surface area (Å²) in [5, 5.41) is 0. The third kappa shape index (κ3) is 4.94. The number of ether oxygens (including phenoxy) is 5. The van der Waals surface area contributed by atoms with E-state index in [2.05, 4.69) is 4.57 Å². The van der Waals surface area contributed by atoms with E-state index >= 15 is 0 Å². The van der Waals surface area contributed by atoms with Gasteiger partial charge in [-0.15, -0.1) is 0 Å². The number of hydrogen-bond acceptors (Lipinski definition) is 7. The van der Waals surface area contributed by atoms with Gasteiger partial charge < -0.3 is 28.3 Å². The van der Waals surface area contributed by atoms with Crippen molar-refractivity contribution in [2.75, 3.05) is 41.7 Å². The number of aromatic nitrogens is 1. The van der Waals surface area contributed by atoms with Crippen molar-refractivity contribution in [2.24, 2.45) is 0 Å². The number of nitrogens with zero attached hydrogens (tertiary/aromatic N) is 1. The maximum Gasteiger partial charge on any atom is 0.342 e. The summed E-state index contributed by atoms with van der Waals surface area (Å²) in [6, 6.07) is 4.90. The van der Waals surface area contributed by atoms with Gasteiger partial charge in [-0.2, -0.15) is 0 Å². The number of rotatable bonds is 11. The molecular weight excluding hydrogens is 390 g/mol. The summed E-state index contributed by atoms with van der Waals surface area (Å²) < 4.78 is 28.2. The quantitative estimate of drug-likeness (QED) is 0.314. The second kappa shape index (κ2) is 10.7. The van der Waals surface area contributed by atoms with Gasteiger partial charge in [0.1, 0.15) is 5.56 Å². The molecule has 2 aromatic rings. The van der Waals surface area contributed by atoms with Gasteiger partial charge >= 0.3 is 5.97 Å². The van der Waals surface area contributed by atoms with E-state index in [1.54, 1.807) is 13.2 Å². The number of Topliss-reactive ketones (excluding diaryl/α,β-unsaturated/α-hetero) is 1. The maximum absolute atomic E-state index is 12.7. The molecule has 0 N–H and O–H groups in total. The summed E-state index contributed by atoms with van der Waals surface area (Å²) in [7, 11) is 6.00. The Labute approximate surface area is 176 Å². The highest BCUT2D eigenvalue weighted by Crippen LogP contribution is 2.39. The average molecular weight is 419 g/mol. The number of carbonyl (C=O) groups is 2. The number of methoxy groups -OCH3 is 4. The van der Waals surface area contributed by atoms with Crippen LogP contribution < -0.4 is 14.2 Å². The lowest BCUT2D eigenvalue weighted by Gasteiger charge is -2.15. The van der Waals surface area contributed by atoms with Crippen molar-refractivity contribution in [1.29, 1.82) is 0 Å². The average Bonchev–Trinajstić information content (AvgIpc) is 3.04. The van der Waals surface area contributed by atoms with Gasteiger partial charge in [0.2, 0.25) is 11.5 Å². The van der Waals surface area contributed by atoms with Gasteiger partial charge in [-0.05, 0) is 38.5 Å². The summed E-state index contributed by atoms with van der Waals surface area (Å²) in [6.07, 6.45) is 0.842. The van der Waals surface area contributed by atoms with Gasteiger partial charge in [0.05, 0.1) is 21.3 Å². The van der Waals surface area contributed by atoms with Crippen molar-refractivity contribution in [3.63, 3.8) is 0 Å². The van der Waals surface area contributed by atoms with E-state index in [0.717, 1.165) is 24.4 Å². The molecule has 164 valence electrons. The van der Waals surface area contributed by atoms with E-state index in [1.165, 1.54) is 27.4 Å². The fourth-order valence-electron chi connectivity index (χ4n) is 3.34. The zero-order valence-electron chi connectivity index (χ0n) is 18.4. The summed E-state index contributed by atoms with van der Waals surface area (Å²) in [5.41, 5.74) is 2.50. The zero-order valence-corrected chi connectivity index (χ0v) is 18.4. The normalized spacial score (nSPS) is 10.6. The predicted octanol–water partition coefficient (Wildman–Crippen LogP) is 3.21. The van der Waals surface area contributed by atoms with Crippen LogP contribution in [0.4, 0.5) is 0 Å². The fourth-order valence-corrected chi connectivity index (χ4v) is 3.34. The lowest BCUT2D eigenvalue weighted by molar-refractivity contribution is 0.0470. The summed E-state index contributed by atoms with van der Waals surface area (Å²) in [6.45, 7) is 4.84. The molecule has 0 fully saturated rings. The first-order valence-electron chi connectivity index (χ1n) is 9.54. The van der Waals surface area contributed by atoms with E-state index < -0.39 is 5.97 Å². The Bertz CT molecular complexity index is 901. The van der Waals surface area contributed by atoms with Crippen molar-refractivity contribution in [3.05, 3.63) is 40.7 Å². The molecule has 0 aliphatic heterocycles. The maximum atomic E-state index is 12.7. The number of hydrogen-bond donors (Lipinski definition) is 0.